The predicted octanol–water partition coefficient (Wildman–Crippen LogP) is 2.23. The summed E-state index contributed by atoms with van der Waals surface area (Å²) in [5.74, 6) is 0.457. The van der Waals surface area contributed by atoms with Crippen molar-refractivity contribution in [2.24, 2.45) is 5.41 Å². The molecule has 0 spiro atoms. The zero-order chi connectivity index (χ0) is 10.2. The maximum absolute atomic E-state index is 11.1. The minimum absolute atomic E-state index is 0.457. The second-order valence-electron chi connectivity index (χ2n) is 5.64. The summed E-state index contributed by atoms with van der Waals surface area (Å²) in [7, 11) is 0. The molecule has 0 aromatic carbocycles. The third-order valence-electron chi connectivity index (χ3n) is 3.81. The summed E-state index contributed by atoms with van der Waals surface area (Å²) < 4.78 is 0. The van der Waals surface area contributed by atoms with Gasteiger partial charge in [0.05, 0.1) is 0 Å². The number of carbonyl (C=O) groups excluding carboxylic acids is 1. The van der Waals surface area contributed by atoms with Crippen LogP contribution < -0.4 is 0 Å². The smallest absolute Gasteiger partial charge is 0.135 e. The molecule has 1 aliphatic heterocycles. The van der Waals surface area contributed by atoms with Crippen LogP contribution in [0, 0.1) is 5.41 Å². The monoisotopic (exact) mass is 195 g/mol. The number of ketones is 1. The first kappa shape index (κ1) is 10.2. The summed E-state index contributed by atoms with van der Waals surface area (Å²) >= 11 is 0. The van der Waals surface area contributed by atoms with E-state index < -0.39 is 0 Å². The number of rotatable bonds is 1. The zero-order valence-electron chi connectivity index (χ0n) is 9.38. The second kappa shape index (κ2) is 3.65. The van der Waals surface area contributed by atoms with E-state index in [-0.39, 0.29) is 0 Å². The number of piperidine rings is 1. The predicted molar refractivity (Wildman–Crippen MR) is 57.2 cm³/mol. The molecule has 2 aliphatic rings. The van der Waals surface area contributed by atoms with E-state index in [0.29, 0.717) is 11.2 Å². The van der Waals surface area contributed by atoms with E-state index in [1.54, 1.807) is 0 Å². The summed E-state index contributed by atoms with van der Waals surface area (Å²) in [5.41, 5.74) is 0.534. The molecule has 2 heteroatoms. The van der Waals surface area contributed by atoms with Gasteiger partial charge in [0.25, 0.3) is 0 Å². The summed E-state index contributed by atoms with van der Waals surface area (Å²) in [6.45, 7) is 6.75. The number of carbonyl (C=O) groups is 1. The largest absolute Gasteiger partial charge is 0.300 e. The number of likely N-dealkylation sites (tertiary alicyclic amines) is 1. The minimum atomic E-state index is 0.457. The van der Waals surface area contributed by atoms with Crippen LogP contribution in [0.1, 0.15) is 46.0 Å². The van der Waals surface area contributed by atoms with Crippen LogP contribution in [0.2, 0.25) is 0 Å². The van der Waals surface area contributed by atoms with Crippen molar-refractivity contribution in [3.05, 3.63) is 0 Å². The highest BCUT2D eigenvalue weighted by Crippen LogP contribution is 2.39. The summed E-state index contributed by atoms with van der Waals surface area (Å²) in [5, 5.41) is 0. The number of nitrogens with zero attached hydrogens (tertiary/aromatic N) is 1. The molecule has 0 radical (unpaired) electrons. The molecule has 0 aromatic rings. The van der Waals surface area contributed by atoms with Crippen LogP contribution in [0.5, 0.6) is 0 Å². The Labute approximate surface area is 86.7 Å². The average molecular weight is 195 g/mol. The van der Waals surface area contributed by atoms with E-state index >= 15 is 0 Å². The van der Waals surface area contributed by atoms with Gasteiger partial charge in [-0.1, -0.05) is 13.8 Å². The van der Waals surface area contributed by atoms with Crippen molar-refractivity contribution in [3.63, 3.8) is 0 Å². The molecule has 0 amide bonds. The average Bonchev–Trinajstić information content (AvgIpc) is 2.47. The molecule has 14 heavy (non-hydrogen) atoms. The normalized spacial score (nSPS) is 33.6. The minimum Gasteiger partial charge on any atom is -0.300 e. The third-order valence-corrected chi connectivity index (χ3v) is 3.81. The fourth-order valence-electron chi connectivity index (χ4n) is 2.85. The molecule has 0 bridgehead atoms. The first-order valence-electron chi connectivity index (χ1n) is 5.83. The second-order valence-corrected chi connectivity index (χ2v) is 5.64. The molecule has 0 N–H and O–H groups in total. The molecule has 1 atom stereocenters. The summed E-state index contributed by atoms with van der Waals surface area (Å²) in [6.07, 6.45) is 5.58. The Morgan fingerprint density at radius 2 is 1.93 bits per heavy atom. The fraction of sp³-hybridized carbons (Fsp3) is 0.917. The SMILES string of the molecule is CC1(C)CCC(N2CCC(=O)CC2)C1. The Balaban J connectivity index is 1.88. The number of hydrogen-bond donors (Lipinski definition) is 0. The van der Waals surface area contributed by atoms with Crippen LogP contribution >= 0.6 is 0 Å². The van der Waals surface area contributed by atoms with Crippen LogP contribution in [0.4, 0.5) is 0 Å². The molecule has 1 heterocycles. The van der Waals surface area contributed by atoms with Crippen LogP contribution in [0.3, 0.4) is 0 Å². The van der Waals surface area contributed by atoms with Gasteiger partial charge in [0.2, 0.25) is 0 Å². The van der Waals surface area contributed by atoms with E-state index in [1.165, 1.54) is 19.3 Å². The Kier molecular flexibility index (Phi) is 2.65. The van der Waals surface area contributed by atoms with E-state index in [4.69, 9.17) is 0 Å². The Morgan fingerprint density at radius 3 is 2.43 bits per heavy atom. The number of Topliss-reactive ketones (excluding diaryl/α,β-unsaturated/α-hetero) is 1. The van der Waals surface area contributed by atoms with E-state index in [2.05, 4.69) is 18.7 Å². The maximum Gasteiger partial charge on any atom is 0.135 e. The van der Waals surface area contributed by atoms with Gasteiger partial charge in [0, 0.05) is 32.0 Å². The molecule has 2 rings (SSSR count). The Hall–Kier alpha value is -0.370. The van der Waals surface area contributed by atoms with Gasteiger partial charge in [-0.2, -0.15) is 0 Å². The van der Waals surface area contributed by atoms with Crippen molar-refractivity contribution >= 4 is 5.78 Å². The molecular formula is C12H21NO. The van der Waals surface area contributed by atoms with Crippen molar-refractivity contribution in [2.45, 2.75) is 52.0 Å². The Bertz CT molecular complexity index is 224. The molecule has 2 fully saturated rings. The van der Waals surface area contributed by atoms with Gasteiger partial charge in [0.1, 0.15) is 5.78 Å². The van der Waals surface area contributed by atoms with Crippen molar-refractivity contribution in [3.8, 4) is 0 Å². The molecular weight excluding hydrogens is 174 g/mol. The van der Waals surface area contributed by atoms with Crippen molar-refractivity contribution in [1.29, 1.82) is 0 Å². The standard InChI is InChI=1S/C12H21NO/c1-12(2)6-3-10(9-12)13-7-4-11(14)5-8-13/h10H,3-9H2,1-2H3. The fourth-order valence-corrected chi connectivity index (χ4v) is 2.85. The lowest BCUT2D eigenvalue weighted by Gasteiger charge is -2.32. The van der Waals surface area contributed by atoms with Gasteiger partial charge >= 0.3 is 0 Å². The van der Waals surface area contributed by atoms with Gasteiger partial charge < -0.3 is 0 Å². The van der Waals surface area contributed by atoms with Crippen LogP contribution in [-0.2, 0) is 4.79 Å². The van der Waals surface area contributed by atoms with Gasteiger partial charge in [-0.15, -0.1) is 0 Å². The third kappa shape index (κ3) is 2.17. The molecule has 80 valence electrons. The summed E-state index contributed by atoms with van der Waals surface area (Å²) in [6, 6.07) is 0.762. The highest BCUT2D eigenvalue weighted by atomic mass is 16.1. The van der Waals surface area contributed by atoms with Gasteiger partial charge in [-0.05, 0) is 24.7 Å². The van der Waals surface area contributed by atoms with Gasteiger partial charge in [0.15, 0.2) is 0 Å². The van der Waals surface area contributed by atoms with E-state index in [0.717, 1.165) is 32.0 Å². The molecule has 1 aliphatic carbocycles. The molecule has 1 saturated carbocycles. The van der Waals surface area contributed by atoms with Crippen LogP contribution in [0.25, 0.3) is 0 Å². The maximum atomic E-state index is 11.1. The molecule has 2 nitrogen and oxygen atoms in total. The van der Waals surface area contributed by atoms with Crippen molar-refractivity contribution in [1.82, 2.24) is 4.90 Å². The lowest BCUT2D eigenvalue weighted by molar-refractivity contribution is -0.121. The first-order chi connectivity index (χ1) is 6.57. The van der Waals surface area contributed by atoms with Gasteiger partial charge in [-0.3, -0.25) is 9.69 Å². The molecule has 0 aromatic heterocycles. The highest BCUT2D eigenvalue weighted by Gasteiger charge is 2.35. The first-order valence-corrected chi connectivity index (χ1v) is 5.83. The Morgan fingerprint density at radius 1 is 1.29 bits per heavy atom. The van der Waals surface area contributed by atoms with E-state index in [1.807, 2.05) is 0 Å². The van der Waals surface area contributed by atoms with Gasteiger partial charge in [-0.25, -0.2) is 0 Å². The van der Waals surface area contributed by atoms with Crippen molar-refractivity contribution < 1.29 is 4.79 Å². The lowest BCUT2D eigenvalue weighted by Crippen LogP contribution is -2.40. The van der Waals surface area contributed by atoms with E-state index in [9.17, 15) is 4.79 Å². The van der Waals surface area contributed by atoms with Crippen LogP contribution in [-0.4, -0.2) is 29.8 Å². The zero-order valence-corrected chi connectivity index (χ0v) is 9.38. The highest BCUT2D eigenvalue weighted by molar-refractivity contribution is 5.79. The molecule has 1 unspecified atom stereocenters. The topological polar surface area (TPSA) is 20.3 Å². The number of hydrogen-bond acceptors (Lipinski definition) is 2. The lowest BCUT2D eigenvalue weighted by atomic mass is 9.91. The quantitative estimate of drug-likeness (QED) is 0.639. The molecule has 1 saturated heterocycles. The van der Waals surface area contributed by atoms with Crippen LogP contribution in [0.15, 0.2) is 0 Å². The van der Waals surface area contributed by atoms with Crippen molar-refractivity contribution in [2.75, 3.05) is 13.1 Å². The summed E-state index contributed by atoms with van der Waals surface area (Å²) in [4.78, 5) is 13.7.